The summed E-state index contributed by atoms with van der Waals surface area (Å²) in [6.07, 6.45) is 0.708. The van der Waals surface area contributed by atoms with Crippen LogP contribution < -0.4 is 24.6 Å². The molecule has 3 heterocycles. The zero-order chi connectivity index (χ0) is 34.1. The van der Waals surface area contributed by atoms with Gasteiger partial charge in [-0.05, 0) is 78.3 Å². The van der Waals surface area contributed by atoms with Crippen LogP contribution in [-0.2, 0) is 14.4 Å². The molecule has 3 aromatic carbocycles. The molecule has 12 nitrogen and oxygen atoms in total. The van der Waals surface area contributed by atoms with Gasteiger partial charge in [-0.3, -0.25) is 34.2 Å². The predicted octanol–water partition coefficient (Wildman–Crippen LogP) is 5.70. The van der Waals surface area contributed by atoms with Gasteiger partial charge < -0.3 is 19.8 Å². The van der Waals surface area contributed by atoms with Gasteiger partial charge in [0.05, 0.1) is 34.6 Å². The van der Waals surface area contributed by atoms with Gasteiger partial charge in [0.2, 0.25) is 11.8 Å². The van der Waals surface area contributed by atoms with E-state index in [9.17, 15) is 29.3 Å². The van der Waals surface area contributed by atoms with E-state index in [1.165, 1.54) is 36.3 Å². The maximum absolute atomic E-state index is 14.0. The minimum Gasteiger partial charge on any atom is -0.493 e. The van der Waals surface area contributed by atoms with Crippen molar-refractivity contribution in [3.05, 3.63) is 102 Å². The van der Waals surface area contributed by atoms with Gasteiger partial charge in [0.15, 0.2) is 18.1 Å². The number of nitro groups is 1. The molecule has 2 aliphatic heterocycles. The lowest BCUT2D eigenvalue weighted by atomic mass is 9.68. The largest absolute Gasteiger partial charge is 0.493 e. The average Bonchev–Trinajstić information content (AvgIpc) is 3.83. The number of anilines is 2. The fraction of sp³-hybridized carbons (Fsp3) is 0.294. The standard InChI is InChI=1S/C34H27ClN4O8S2/c1-46-23-12-15(2-11-22(23)47-14-24(40)36-17-5-3-16(35)4-6-17)25-26-20-13-21(29(26)48-31-30(25)49-34(43)37-31)28-27(20)32(41)38(33(28)42)18-7-9-19(10-8-18)39(44)45/h2-12,20-21,25-29H,13-14H2,1H3,(H,36,40)(H,37,43)/t20?,21?,25-,26?,27?,28?,29?/m1/s1. The number of thiazole rings is 1. The number of hydrogen-bond acceptors (Lipinski definition) is 10. The fourth-order valence-electron chi connectivity index (χ4n) is 8.24. The van der Waals surface area contributed by atoms with Crippen molar-refractivity contribution in [1.29, 1.82) is 0 Å². The SMILES string of the molecule is COc1cc([C@H]2c3sc(=O)[nH]c3SC3C4CC(C5C(=O)N(c6ccc([N+](=O)[O-])cc6)C(=O)C45)C32)ccc1OCC(=O)Nc1ccc(Cl)cc1. The second-order valence-corrected chi connectivity index (χ2v) is 15.1. The molecule has 7 atom stereocenters. The number of non-ortho nitro benzene ring substituents is 1. The Balaban J connectivity index is 1.08. The number of fused-ring (bicyclic) bond motifs is 9. The molecule has 0 spiro atoms. The third-order valence-electron chi connectivity index (χ3n) is 10.1. The van der Waals surface area contributed by atoms with Crippen molar-refractivity contribution in [2.45, 2.75) is 22.6 Å². The lowest BCUT2D eigenvalue weighted by Gasteiger charge is -2.43. The van der Waals surface area contributed by atoms with Crippen LogP contribution in [0.1, 0.15) is 22.8 Å². The van der Waals surface area contributed by atoms with Crippen molar-refractivity contribution >= 4 is 69.5 Å². The zero-order valence-electron chi connectivity index (χ0n) is 25.7. The number of ether oxygens (including phenoxy) is 2. The van der Waals surface area contributed by atoms with Crippen LogP contribution in [-0.4, -0.2) is 46.6 Å². The van der Waals surface area contributed by atoms with Crippen molar-refractivity contribution in [1.82, 2.24) is 4.98 Å². The Kier molecular flexibility index (Phi) is 7.76. The molecular weight excluding hydrogens is 692 g/mol. The van der Waals surface area contributed by atoms with E-state index < -0.39 is 16.8 Å². The van der Waals surface area contributed by atoms with E-state index in [4.69, 9.17) is 21.1 Å². The van der Waals surface area contributed by atoms with Crippen molar-refractivity contribution < 1.29 is 28.8 Å². The highest BCUT2D eigenvalue weighted by Crippen LogP contribution is 2.68. The lowest BCUT2D eigenvalue weighted by molar-refractivity contribution is -0.384. The smallest absolute Gasteiger partial charge is 0.305 e. The van der Waals surface area contributed by atoms with Crippen LogP contribution in [0.15, 0.2) is 76.6 Å². The van der Waals surface area contributed by atoms with E-state index in [1.54, 1.807) is 42.1 Å². The molecule has 4 aromatic rings. The van der Waals surface area contributed by atoms with Crippen LogP contribution >= 0.6 is 34.7 Å². The van der Waals surface area contributed by atoms with Gasteiger partial charge in [-0.25, -0.2) is 0 Å². The third-order valence-corrected chi connectivity index (χ3v) is 12.9. The zero-order valence-corrected chi connectivity index (χ0v) is 28.1. The number of rotatable bonds is 8. The molecule has 49 heavy (non-hydrogen) atoms. The molecule has 3 fully saturated rings. The highest BCUT2D eigenvalue weighted by Gasteiger charge is 2.69. The van der Waals surface area contributed by atoms with Gasteiger partial charge in [0, 0.05) is 38.9 Å². The van der Waals surface area contributed by atoms with Crippen LogP contribution in [0.2, 0.25) is 5.02 Å². The van der Waals surface area contributed by atoms with Gasteiger partial charge in [0.1, 0.15) is 0 Å². The second kappa shape index (κ2) is 12.0. The van der Waals surface area contributed by atoms with E-state index in [1.807, 2.05) is 12.1 Å². The number of nitrogens with zero attached hydrogens (tertiary/aromatic N) is 2. The van der Waals surface area contributed by atoms with Gasteiger partial charge in [-0.2, -0.15) is 0 Å². The van der Waals surface area contributed by atoms with E-state index in [-0.39, 0.29) is 63.8 Å². The summed E-state index contributed by atoms with van der Waals surface area (Å²) in [6.45, 7) is -0.263. The number of nitrogens with one attached hydrogen (secondary N) is 2. The molecule has 8 rings (SSSR count). The molecule has 1 aromatic heterocycles. The first-order valence-electron chi connectivity index (χ1n) is 15.5. The van der Waals surface area contributed by atoms with Crippen LogP contribution in [0.4, 0.5) is 17.1 Å². The van der Waals surface area contributed by atoms with E-state index in [2.05, 4.69) is 10.3 Å². The van der Waals surface area contributed by atoms with Crippen molar-refractivity contribution in [3.63, 3.8) is 0 Å². The first kappa shape index (κ1) is 31.6. The minimum absolute atomic E-state index is 0.0268. The van der Waals surface area contributed by atoms with Crippen molar-refractivity contribution in [2.75, 3.05) is 23.9 Å². The number of H-pyrrole nitrogens is 1. The Morgan fingerprint density at radius 1 is 1.02 bits per heavy atom. The molecule has 6 unspecified atom stereocenters. The Hall–Kier alpha value is -4.66. The first-order valence-corrected chi connectivity index (χ1v) is 17.6. The fourth-order valence-corrected chi connectivity index (χ4v) is 11.3. The third kappa shape index (κ3) is 5.20. The van der Waals surface area contributed by atoms with Gasteiger partial charge in [-0.1, -0.05) is 29.0 Å². The van der Waals surface area contributed by atoms with Crippen molar-refractivity contribution in [3.8, 4) is 11.5 Å². The average molecular weight is 719 g/mol. The Morgan fingerprint density at radius 2 is 1.73 bits per heavy atom. The number of imide groups is 1. The number of carbonyl (C=O) groups is 3. The molecule has 3 amide bonds. The summed E-state index contributed by atoms with van der Waals surface area (Å²) in [6, 6.07) is 17.7. The first-order chi connectivity index (χ1) is 23.6. The van der Waals surface area contributed by atoms with E-state index in [0.717, 1.165) is 26.8 Å². The molecule has 2 N–H and O–H groups in total. The molecule has 1 saturated heterocycles. The number of carbonyl (C=O) groups excluding carboxylic acids is 3. The number of amides is 3. The summed E-state index contributed by atoms with van der Waals surface area (Å²) in [7, 11) is 1.51. The lowest BCUT2D eigenvalue weighted by Crippen LogP contribution is -2.42. The minimum atomic E-state index is -0.530. The number of hydrogen-bond donors (Lipinski definition) is 2. The maximum atomic E-state index is 14.0. The summed E-state index contributed by atoms with van der Waals surface area (Å²) < 4.78 is 11.6. The van der Waals surface area contributed by atoms with Crippen molar-refractivity contribution in [2.24, 2.45) is 29.6 Å². The molecular formula is C34H27ClN4O8S2. The van der Waals surface area contributed by atoms with E-state index in [0.29, 0.717) is 34.3 Å². The predicted molar refractivity (Wildman–Crippen MR) is 183 cm³/mol. The Bertz CT molecular complexity index is 2080. The molecule has 2 saturated carbocycles. The summed E-state index contributed by atoms with van der Waals surface area (Å²) in [5.74, 6) is -1.70. The van der Waals surface area contributed by atoms with Gasteiger partial charge in [0.25, 0.3) is 11.6 Å². The summed E-state index contributed by atoms with van der Waals surface area (Å²) in [4.78, 5) is 68.7. The second-order valence-electron chi connectivity index (χ2n) is 12.5. The number of methoxy groups -OCH3 is 1. The number of benzene rings is 3. The van der Waals surface area contributed by atoms with Crippen LogP contribution in [0.3, 0.4) is 0 Å². The number of aromatic nitrogens is 1. The Labute approximate surface area is 291 Å². The number of aromatic amines is 1. The quantitative estimate of drug-likeness (QED) is 0.132. The summed E-state index contributed by atoms with van der Waals surface area (Å²) in [5, 5.41) is 15.2. The number of halogens is 1. The molecule has 2 aliphatic carbocycles. The summed E-state index contributed by atoms with van der Waals surface area (Å²) >= 11 is 8.66. The number of thioether (sulfide) groups is 1. The monoisotopic (exact) mass is 718 g/mol. The van der Waals surface area contributed by atoms with Crippen LogP contribution in [0.5, 0.6) is 11.5 Å². The van der Waals surface area contributed by atoms with Gasteiger partial charge in [-0.15, -0.1) is 11.8 Å². The highest BCUT2D eigenvalue weighted by atomic mass is 35.5. The Morgan fingerprint density at radius 3 is 2.43 bits per heavy atom. The van der Waals surface area contributed by atoms with Crippen LogP contribution in [0, 0.1) is 39.7 Å². The summed E-state index contributed by atoms with van der Waals surface area (Å²) in [5.41, 5.74) is 1.65. The van der Waals surface area contributed by atoms with Gasteiger partial charge >= 0.3 is 4.87 Å². The molecule has 4 aliphatic rings. The molecule has 2 bridgehead atoms. The number of nitro benzene ring substituents is 1. The molecule has 0 radical (unpaired) electrons. The normalized spacial score (nSPS) is 26.2. The van der Waals surface area contributed by atoms with Crippen LogP contribution in [0.25, 0.3) is 0 Å². The maximum Gasteiger partial charge on any atom is 0.305 e. The topological polar surface area (TPSA) is 161 Å². The van der Waals surface area contributed by atoms with E-state index >= 15 is 0 Å². The highest BCUT2D eigenvalue weighted by molar-refractivity contribution is 8.00. The molecule has 15 heteroatoms. The molecule has 250 valence electrons.